The molecule has 4 heteroatoms. The third-order valence-electron chi connectivity index (χ3n) is 3.09. The van der Waals surface area contributed by atoms with Crippen molar-refractivity contribution >= 4 is 55.0 Å². The number of nitrogens with zero attached hydrogens (tertiary/aromatic N) is 1. The van der Waals surface area contributed by atoms with Gasteiger partial charge in [0.2, 0.25) is 0 Å². The van der Waals surface area contributed by atoms with Crippen molar-refractivity contribution in [2.75, 3.05) is 11.4 Å². The minimum absolute atomic E-state index is 1.05. The number of fused-ring (bicyclic) bond motifs is 2. The minimum Gasteiger partial charge on any atom is -0.340 e. The molecule has 0 fully saturated rings. The first kappa shape index (κ1) is 13.5. The zero-order chi connectivity index (χ0) is 13.4. The molecule has 0 unspecified atom stereocenters. The van der Waals surface area contributed by atoms with Crippen LogP contribution in [0.15, 0.2) is 55.1 Å². The maximum Gasteiger partial charge on any atom is 0.0553 e. The first-order valence-corrected chi connectivity index (χ1v) is 8.64. The molecule has 2 aromatic carbocycles. The summed E-state index contributed by atoms with van der Waals surface area (Å²) in [5.41, 5.74) is 2.62. The van der Waals surface area contributed by atoms with Crippen LogP contribution in [-0.4, -0.2) is 6.54 Å². The molecule has 3 rings (SSSR count). The lowest BCUT2D eigenvalue weighted by molar-refractivity contribution is 0.865. The Hall–Kier alpha value is -0.450. The van der Waals surface area contributed by atoms with Crippen LogP contribution in [0.3, 0.4) is 0 Å². The van der Waals surface area contributed by atoms with Gasteiger partial charge in [-0.1, -0.05) is 50.5 Å². The minimum atomic E-state index is 1.05. The van der Waals surface area contributed by atoms with Gasteiger partial charge in [0.1, 0.15) is 0 Å². The molecule has 1 heterocycles. The van der Waals surface area contributed by atoms with E-state index in [2.05, 4.69) is 80.1 Å². The fraction of sp³-hybridized carbons (Fsp3) is 0.200. The van der Waals surface area contributed by atoms with Crippen molar-refractivity contribution in [1.82, 2.24) is 0 Å². The summed E-state index contributed by atoms with van der Waals surface area (Å²) in [7, 11) is 0. The van der Waals surface area contributed by atoms with Gasteiger partial charge in [0.15, 0.2) is 0 Å². The zero-order valence-corrected chi connectivity index (χ0v) is 14.5. The molecule has 0 bridgehead atoms. The van der Waals surface area contributed by atoms with Gasteiger partial charge >= 0.3 is 0 Å². The Morgan fingerprint density at radius 2 is 1.47 bits per heavy atom. The highest BCUT2D eigenvalue weighted by Crippen LogP contribution is 2.49. The zero-order valence-electron chi connectivity index (χ0n) is 10.5. The number of rotatable bonds is 2. The number of anilines is 2. The van der Waals surface area contributed by atoms with Gasteiger partial charge < -0.3 is 4.90 Å². The highest BCUT2D eigenvalue weighted by atomic mass is 79.9. The third-order valence-corrected chi connectivity index (χ3v) is 5.17. The summed E-state index contributed by atoms with van der Waals surface area (Å²) in [6.45, 7) is 3.27. The van der Waals surface area contributed by atoms with Gasteiger partial charge in [-0.3, -0.25) is 0 Å². The van der Waals surface area contributed by atoms with Crippen LogP contribution in [0.2, 0.25) is 0 Å². The second-order valence-corrected chi connectivity index (χ2v) is 7.39. The topological polar surface area (TPSA) is 3.24 Å². The van der Waals surface area contributed by atoms with Gasteiger partial charge in [-0.15, -0.1) is 0 Å². The predicted octanol–water partition coefficient (Wildman–Crippen LogP) is 6.22. The monoisotopic (exact) mass is 397 g/mol. The molecule has 2 aromatic rings. The number of benzene rings is 2. The Balaban J connectivity index is 2.14. The van der Waals surface area contributed by atoms with Crippen molar-refractivity contribution in [2.45, 2.75) is 23.1 Å². The highest BCUT2D eigenvalue weighted by Gasteiger charge is 2.22. The molecular weight excluding hydrogens is 386 g/mol. The fourth-order valence-electron chi connectivity index (χ4n) is 2.30. The lowest BCUT2D eigenvalue weighted by Crippen LogP contribution is -2.21. The third kappa shape index (κ3) is 2.58. The highest BCUT2D eigenvalue weighted by molar-refractivity contribution is 9.10. The van der Waals surface area contributed by atoms with E-state index < -0.39 is 0 Å². The quantitative estimate of drug-likeness (QED) is 0.590. The van der Waals surface area contributed by atoms with Crippen LogP contribution >= 0.6 is 43.6 Å². The van der Waals surface area contributed by atoms with Gasteiger partial charge in [-0.25, -0.2) is 0 Å². The van der Waals surface area contributed by atoms with Crippen molar-refractivity contribution in [1.29, 1.82) is 0 Å². The summed E-state index contributed by atoms with van der Waals surface area (Å²) < 4.78 is 2.27. The molecule has 1 nitrogen and oxygen atoms in total. The molecule has 1 aliphatic heterocycles. The molecule has 0 amide bonds. The first-order chi connectivity index (χ1) is 9.19. The van der Waals surface area contributed by atoms with Crippen molar-refractivity contribution in [3.63, 3.8) is 0 Å². The molecule has 0 saturated heterocycles. The summed E-state index contributed by atoms with van der Waals surface area (Å²) in [4.78, 5) is 5.04. The van der Waals surface area contributed by atoms with Crippen LogP contribution in [0.4, 0.5) is 11.4 Å². The molecule has 19 heavy (non-hydrogen) atoms. The van der Waals surface area contributed by atoms with Crippen molar-refractivity contribution < 1.29 is 0 Å². The lowest BCUT2D eigenvalue weighted by atomic mass is 10.2. The van der Waals surface area contributed by atoms with E-state index in [1.54, 1.807) is 0 Å². The molecule has 0 aliphatic carbocycles. The second kappa shape index (κ2) is 5.51. The number of halogens is 2. The van der Waals surface area contributed by atoms with Gasteiger partial charge in [-0.05, 0) is 42.8 Å². The largest absolute Gasteiger partial charge is 0.340 e. The van der Waals surface area contributed by atoms with E-state index in [-0.39, 0.29) is 0 Å². The summed E-state index contributed by atoms with van der Waals surface area (Å²) in [6.07, 6.45) is 1.13. The van der Waals surface area contributed by atoms with E-state index in [9.17, 15) is 0 Å². The van der Waals surface area contributed by atoms with E-state index in [1.165, 1.54) is 21.2 Å². The Kier molecular flexibility index (Phi) is 3.92. The SMILES string of the molecule is CCCN1c2ccc(Br)cc2Sc2cc(Br)ccc21. The van der Waals surface area contributed by atoms with Gasteiger partial charge in [0, 0.05) is 25.3 Å². The molecule has 0 spiro atoms. The Labute approximate surface area is 134 Å². The van der Waals surface area contributed by atoms with E-state index in [1.807, 2.05) is 11.8 Å². The maximum atomic E-state index is 3.56. The van der Waals surface area contributed by atoms with Gasteiger partial charge in [-0.2, -0.15) is 0 Å². The van der Waals surface area contributed by atoms with Crippen molar-refractivity contribution in [3.8, 4) is 0 Å². The Morgan fingerprint density at radius 3 is 1.95 bits per heavy atom. The van der Waals surface area contributed by atoms with Gasteiger partial charge in [0.05, 0.1) is 11.4 Å². The number of hydrogen-bond donors (Lipinski definition) is 0. The Morgan fingerprint density at radius 1 is 0.947 bits per heavy atom. The molecule has 0 atom stereocenters. The van der Waals surface area contributed by atoms with Crippen LogP contribution in [0.1, 0.15) is 13.3 Å². The molecule has 0 saturated carbocycles. The molecule has 1 aliphatic rings. The van der Waals surface area contributed by atoms with Crippen LogP contribution in [0, 0.1) is 0 Å². The normalized spacial score (nSPS) is 13.1. The molecule has 0 radical (unpaired) electrons. The predicted molar refractivity (Wildman–Crippen MR) is 89.7 cm³/mol. The van der Waals surface area contributed by atoms with Crippen LogP contribution in [0.5, 0.6) is 0 Å². The fourth-order valence-corrected chi connectivity index (χ4v) is 4.50. The van der Waals surface area contributed by atoms with Crippen molar-refractivity contribution in [3.05, 3.63) is 45.3 Å². The Bertz CT molecular complexity index is 576. The average Bonchev–Trinajstić information content (AvgIpc) is 2.37. The van der Waals surface area contributed by atoms with E-state index in [4.69, 9.17) is 0 Å². The maximum absolute atomic E-state index is 3.56. The summed E-state index contributed by atoms with van der Waals surface area (Å²) in [6, 6.07) is 13.0. The molecule has 0 aromatic heterocycles. The molecule has 0 N–H and O–H groups in total. The standard InChI is InChI=1S/C15H13Br2NS/c1-2-7-18-12-5-3-10(16)8-14(12)19-15-9-11(17)4-6-13(15)18/h3-6,8-9H,2,7H2,1H3. The van der Waals surface area contributed by atoms with E-state index in [0.717, 1.165) is 21.9 Å². The van der Waals surface area contributed by atoms with Crippen molar-refractivity contribution in [2.24, 2.45) is 0 Å². The van der Waals surface area contributed by atoms with Crippen LogP contribution < -0.4 is 4.90 Å². The second-order valence-electron chi connectivity index (χ2n) is 4.48. The molecule has 98 valence electrons. The smallest absolute Gasteiger partial charge is 0.0553 e. The summed E-state index contributed by atoms with van der Waals surface area (Å²) in [5.74, 6) is 0. The van der Waals surface area contributed by atoms with E-state index >= 15 is 0 Å². The average molecular weight is 399 g/mol. The van der Waals surface area contributed by atoms with Crippen LogP contribution in [0.25, 0.3) is 0 Å². The first-order valence-electron chi connectivity index (χ1n) is 6.23. The summed E-state index contributed by atoms with van der Waals surface area (Å²) >= 11 is 8.96. The van der Waals surface area contributed by atoms with Crippen LogP contribution in [-0.2, 0) is 0 Å². The molecular formula is C15H13Br2NS. The lowest BCUT2D eigenvalue weighted by Gasteiger charge is -2.32. The summed E-state index contributed by atoms with van der Waals surface area (Å²) in [5, 5.41) is 0. The van der Waals surface area contributed by atoms with Gasteiger partial charge in [0.25, 0.3) is 0 Å². The number of hydrogen-bond acceptors (Lipinski definition) is 2. The van der Waals surface area contributed by atoms with E-state index in [0.29, 0.717) is 0 Å².